The highest BCUT2D eigenvalue weighted by Gasteiger charge is 2.61. The number of rotatable bonds is 9. The zero-order chi connectivity index (χ0) is 31.7. The van der Waals surface area contributed by atoms with Crippen LogP contribution >= 0.6 is 0 Å². The molecule has 10 nitrogen and oxygen atoms in total. The van der Waals surface area contributed by atoms with Crippen molar-refractivity contribution in [2.24, 2.45) is 11.3 Å². The van der Waals surface area contributed by atoms with Gasteiger partial charge in [-0.05, 0) is 55.0 Å². The SMILES string of the molecule is C=C[C@@H]1C[C@]1(NC(=O)[C@@H]1C[C@@H](OCc2ccc3ccccc3c2)CN1C(=O)[C@@H](NC(=O)OC(C)(C)C)C(C)(C)C)C(=O)O. The fraction of sp³-hybridized carbons (Fsp3) is 0.515. The molecule has 2 aromatic carbocycles. The van der Waals surface area contributed by atoms with Gasteiger partial charge in [-0.2, -0.15) is 0 Å². The van der Waals surface area contributed by atoms with Gasteiger partial charge < -0.3 is 30.1 Å². The number of carbonyl (C=O) groups excluding carboxylic acids is 3. The van der Waals surface area contributed by atoms with Gasteiger partial charge in [0, 0.05) is 18.9 Å². The first-order chi connectivity index (χ1) is 20.0. The Morgan fingerprint density at radius 1 is 1.09 bits per heavy atom. The van der Waals surface area contributed by atoms with E-state index in [1.807, 2.05) is 63.2 Å². The van der Waals surface area contributed by atoms with Crippen molar-refractivity contribution in [3.05, 3.63) is 60.7 Å². The number of fused-ring (bicyclic) bond motifs is 1. The molecule has 1 heterocycles. The van der Waals surface area contributed by atoms with E-state index in [9.17, 15) is 24.3 Å². The maximum absolute atomic E-state index is 14.1. The second-order valence-corrected chi connectivity index (χ2v) is 13.6. The van der Waals surface area contributed by atoms with Crippen LogP contribution < -0.4 is 10.6 Å². The first kappa shape index (κ1) is 32.0. The summed E-state index contributed by atoms with van der Waals surface area (Å²) in [6, 6.07) is 12.0. The highest BCUT2D eigenvalue weighted by Crippen LogP contribution is 2.45. The minimum atomic E-state index is -1.45. The lowest BCUT2D eigenvalue weighted by Gasteiger charge is -2.36. The van der Waals surface area contributed by atoms with Crippen molar-refractivity contribution in [2.45, 2.75) is 90.3 Å². The molecule has 2 aliphatic rings. The summed E-state index contributed by atoms with van der Waals surface area (Å²) in [5, 5.41) is 17.4. The normalized spacial score (nSPS) is 24.2. The van der Waals surface area contributed by atoms with Crippen LogP contribution in [0.3, 0.4) is 0 Å². The topological polar surface area (TPSA) is 134 Å². The van der Waals surface area contributed by atoms with Crippen LogP contribution in [0.2, 0.25) is 0 Å². The molecule has 1 aliphatic carbocycles. The maximum atomic E-state index is 14.1. The number of carbonyl (C=O) groups is 4. The number of carboxylic acids is 1. The van der Waals surface area contributed by atoms with Crippen molar-refractivity contribution in [3.63, 3.8) is 0 Å². The van der Waals surface area contributed by atoms with Gasteiger partial charge in [0.15, 0.2) is 0 Å². The molecule has 4 rings (SSSR count). The predicted octanol–water partition coefficient (Wildman–Crippen LogP) is 4.41. The molecule has 0 aromatic heterocycles. The molecule has 2 fully saturated rings. The highest BCUT2D eigenvalue weighted by atomic mass is 16.6. The van der Waals surface area contributed by atoms with Crippen LogP contribution in [0.4, 0.5) is 4.79 Å². The van der Waals surface area contributed by atoms with Crippen molar-refractivity contribution in [1.29, 1.82) is 0 Å². The van der Waals surface area contributed by atoms with E-state index in [1.165, 1.54) is 11.0 Å². The third kappa shape index (κ3) is 7.36. The highest BCUT2D eigenvalue weighted by molar-refractivity contribution is 5.96. The summed E-state index contributed by atoms with van der Waals surface area (Å²) in [6.07, 6.45) is 0.667. The molecule has 3 N–H and O–H groups in total. The Kier molecular flexibility index (Phi) is 8.92. The third-order valence-electron chi connectivity index (χ3n) is 7.95. The molecule has 0 bridgehead atoms. The fourth-order valence-electron chi connectivity index (χ4n) is 5.51. The summed E-state index contributed by atoms with van der Waals surface area (Å²) in [5.41, 5.74) is -2.01. The van der Waals surface area contributed by atoms with Crippen LogP contribution in [0, 0.1) is 11.3 Å². The van der Waals surface area contributed by atoms with Crippen molar-refractivity contribution < 1.29 is 33.8 Å². The molecule has 0 radical (unpaired) electrons. The Balaban J connectivity index is 1.56. The average molecular weight is 594 g/mol. The Morgan fingerprint density at radius 2 is 1.77 bits per heavy atom. The van der Waals surface area contributed by atoms with E-state index in [2.05, 4.69) is 17.2 Å². The third-order valence-corrected chi connectivity index (χ3v) is 7.95. The van der Waals surface area contributed by atoms with Gasteiger partial charge in [-0.1, -0.05) is 63.2 Å². The molecule has 2 aromatic rings. The van der Waals surface area contributed by atoms with Crippen LogP contribution in [-0.4, -0.2) is 69.8 Å². The van der Waals surface area contributed by atoms with Crippen LogP contribution in [0.25, 0.3) is 10.8 Å². The number of likely N-dealkylation sites (tertiary alicyclic amines) is 1. The largest absolute Gasteiger partial charge is 0.479 e. The van der Waals surface area contributed by atoms with Gasteiger partial charge in [0.2, 0.25) is 11.8 Å². The second-order valence-electron chi connectivity index (χ2n) is 13.6. The van der Waals surface area contributed by atoms with E-state index in [-0.39, 0.29) is 26.0 Å². The van der Waals surface area contributed by atoms with Gasteiger partial charge in [-0.3, -0.25) is 9.59 Å². The average Bonchev–Trinajstić information content (AvgIpc) is 3.47. The summed E-state index contributed by atoms with van der Waals surface area (Å²) >= 11 is 0. The second kappa shape index (κ2) is 12.0. The molecule has 1 saturated carbocycles. The van der Waals surface area contributed by atoms with Crippen LogP contribution in [0.5, 0.6) is 0 Å². The maximum Gasteiger partial charge on any atom is 0.408 e. The lowest BCUT2D eigenvalue weighted by molar-refractivity contribution is -0.146. The van der Waals surface area contributed by atoms with Crippen LogP contribution in [0.15, 0.2) is 55.1 Å². The number of nitrogens with zero attached hydrogens (tertiary/aromatic N) is 1. The van der Waals surface area contributed by atoms with Gasteiger partial charge in [0.05, 0.1) is 12.7 Å². The quantitative estimate of drug-likeness (QED) is 0.367. The molecule has 43 heavy (non-hydrogen) atoms. The number of aliphatic carboxylic acids is 1. The molecule has 232 valence electrons. The summed E-state index contributed by atoms with van der Waals surface area (Å²) in [4.78, 5) is 54.0. The first-order valence-electron chi connectivity index (χ1n) is 14.6. The standard InChI is InChI=1S/C33H43N3O7/c1-8-23-17-33(23,29(39)40)35-27(37)25-16-24(42-19-20-13-14-21-11-9-10-12-22(21)15-20)18-36(25)28(38)26(31(2,3)4)34-30(41)43-32(5,6)7/h8-15,23-26H,1,16-19H2,2-7H3,(H,34,41)(H,35,37)(H,39,40)/t23-,24-,25+,26-,33-/m1/s1. The molecule has 5 atom stereocenters. The predicted molar refractivity (Wildman–Crippen MR) is 162 cm³/mol. The molecule has 3 amide bonds. The minimum Gasteiger partial charge on any atom is -0.479 e. The summed E-state index contributed by atoms with van der Waals surface area (Å²) in [7, 11) is 0. The van der Waals surface area contributed by atoms with Crippen molar-refractivity contribution in [1.82, 2.24) is 15.5 Å². The first-order valence-corrected chi connectivity index (χ1v) is 14.6. The summed E-state index contributed by atoms with van der Waals surface area (Å²) in [6.45, 7) is 14.7. The molecule has 1 saturated heterocycles. The van der Waals surface area contributed by atoms with Crippen molar-refractivity contribution >= 4 is 34.6 Å². The Hall–Kier alpha value is -3.92. The summed E-state index contributed by atoms with van der Waals surface area (Å²) in [5.74, 6) is -2.61. The smallest absolute Gasteiger partial charge is 0.408 e. The molecule has 10 heteroatoms. The van der Waals surface area contributed by atoms with E-state index in [1.54, 1.807) is 20.8 Å². The van der Waals surface area contributed by atoms with Crippen molar-refractivity contribution in [2.75, 3.05) is 6.54 Å². The lowest BCUT2D eigenvalue weighted by atomic mass is 9.85. The lowest BCUT2D eigenvalue weighted by Crippen LogP contribution is -2.59. The monoisotopic (exact) mass is 593 g/mol. The number of benzene rings is 2. The number of amides is 3. The minimum absolute atomic E-state index is 0.0953. The van der Waals surface area contributed by atoms with Crippen LogP contribution in [-0.2, 0) is 30.5 Å². The van der Waals surface area contributed by atoms with Gasteiger partial charge in [0.25, 0.3) is 0 Å². The number of hydrogen-bond acceptors (Lipinski definition) is 6. The molecular formula is C33H43N3O7. The zero-order valence-electron chi connectivity index (χ0n) is 25.8. The van der Waals surface area contributed by atoms with Crippen LogP contribution in [0.1, 0.15) is 59.9 Å². The van der Waals surface area contributed by atoms with E-state index in [0.717, 1.165) is 16.3 Å². The van der Waals surface area contributed by atoms with Gasteiger partial charge in [0.1, 0.15) is 23.2 Å². The van der Waals surface area contributed by atoms with Gasteiger partial charge in [-0.25, -0.2) is 9.59 Å². The molecule has 0 spiro atoms. The van der Waals surface area contributed by atoms with E-state index < -0.39 is 64.5 Å². The van der Waals surface area contributed by atoms with Crippen molar-refractivity contribution in [3.8, 4) is 0 Å². The van der Waals surface area contributed by atoms with E-state index in [0.29, 0.717) is 0 Å². The Labute approximate surface area is 252 Å². The zero-order valence-corrected chi connectivity index (χ0v) is 25.8. The molecule has 0 unspecified atom stereocenters. The number of carboxylic acid groups (broad SMARTS) is 1. The fourth-order valence-corrected chi connectivity index (χ4v) is 5.51. The summed E-state index contributed by atoms with van der Waals surface area (Å²) < 4.78 is 11.6. The Morgan fingerprint density at radius 3 is 2.35 bits per heavy atom. The Bertz CT molecular complexity index is 1410. The van der Waals surface area contributed by atoms with Gasteiger partial charge in [-0.15, -0.1) is 6.58 Å². The van der Waals surface area contributed by atoms with E-state index in [4.69, 9.17) is 9.47 Å². The molecular weight excluding hydrogens is 550 g/mol. The number of ether oxygens (including phenoxy) is 2. The van der Waals surface area contributed by atoms with Gasteiger partial charge >= 0.3 is 12.1 Å². The number of alkyl carbamates (subject to hydrolysis) is 1. The number of nitrogens with one attached hydrogen (secondary N) is 2. The van der Waals surface area contributed by atoms with E-state index >= 15 is 0 Å². The molecule has 1 aliphatic heterocycles. The number of hydrogen-bond donors (Lipinski definition) is 3.